The van der Waals surface area contributed by atoms with Gasteiger partial charge in [0.2, 0.25) is 5.91 Å². The summed E-state index contributed by atoms with van der Waals surface area (Å²) < 4.78 is 17.8. The monoisotopic (exact) mass is 438 g/mol. The van der Waals surface area contributed by atoms with Crippen molar-refractivity contribution in [3.63, 3.8) is 0 Å². The first-order chi connectivity index (χ1) is 15.0. The molecule has 31 heavy (non-hydrogen) atoms. The van der Waals surface area contributed by atoms with E-state index in [2.05, 4.69) is 15.5 Å². The van der Waals surface area contributed by atoms with Gasteiger partial charge in [0.15, 0.2) is 10.8 Å². The summed E-state index contributed by atoms with van der Waals surface area (Å²) in [4.78, 5) is 12.6. The zero-order chi connectivity index (χ0) is 22.0. The summed E-state index contributed by atoms with van der Waals surface area (Å²) in [5.41, 5.74) is 3.34. The van der Waals surface area contributed by atoms with Crippen LogP contribution in [0.1, 0.15) is 5.56 Å². The molecular formula is C22H22N4O4S. The van der Waals surface area contributed by atoms with Gasteiger partial charge in [0.1, 0.15) is 17.2 Å². The Labute approximate surface area is 183 Å². The number of nitrogens with one attached hydrogen (secondary N) is 1. The predicted octanol–water partition coefficient (Wildman–Crippen LogP) is 3.95. The van der Waals surface area contributed by atoms with E-state index in [1.54, 1.807) is 39.5 Å². The topological polar surface area (TPSA) is 87.0 Å². The number of carbonyl (C=O) groups is 1. The first-order valence-corrected chi connectivity index (χ1v) is 10.5. The molecule has 0 unspecified atom stereocenters. The van der Waals surface area contributed by atoms with E-state index >= 15 is 0 Å². The number of fused-ring (bicyclic) bond motifs is 3. The molecule has 2 aromatic heterocycles. The number of anilines is 1. The molecule has 9 heteroatoms. The number of pyridine rings is 1. The molecule has 2 heterocycles. The van der Waals surface area contributed by atoms with Crippen molar-refractivity contribution in [1.82, 2.24) is 14.6 Å². The lowest BCUT2D eigenvalue weighted by molar-refractivity contribution is -0.113. The number of thioether (sulfide) groups is 1. The minimum Gasteiger partial charge on any atom is -0.497 e. The smallest absolute Gasteiger partial charge is 0.234 e. The molecule has 4 aromatic rings. The van der Waals surface area contributed by atoms with Crippen LogP contribution >= 0.6 is 11.8 Å². The number of benzene rings is 2. The molecule has 2 aromatic carbocycles. The third-order valence-corrected chi connectivity index (χ3v) is 5.77. The van der Waals surface area contributed by atoms with E-state index in [1.807, 2.05) is 35.6 Å². The number of hydrogen-bond acceptors (Lipinski definition) is 7. The molecule has 0 radical (unpaired) electrons. The summed E-state index contributed by atoms with van der Waals surface area (Å²) >= 11 is 1.31. The number of amides is 1. The fraction of sp³-hybridized carbons (Fsp3) is 0.227. The highest BCUT2D eigenvalue weighted by atomic mass is 32.2. The van der Waals surface area contributed by atoms with Gasteiger partial charge in [0.25, 0.3) is 0 Å². The standard InChI is InChI=1S/C22H22N4O4S/c1-13-7-20-24-25-22(26(20)19-11-15(28-2)5-6-18(13)19)31-12-21(27)23-14-8-16(29-3)10-17(9-14)30-4/h5-11H,12H2,1-4H3,(H,23,27). The normalized spacial score (nSPS) is 11.0. The molecule has 0 atom stereocenters. The second-order valence-electron chi connectivity index (χ2n) is 6.82. The molecule has 0 saturated heterocycles. The van der Waals surface area contributed by atoms with Crippen molar-refractivity contribution < 1.29 is 19.0 Å². The third kappa shape index (κ3) is 4.22. The molecule has 1 amide bonds. The largest absolute Gasteiger partial charge is 0.497 e. The van der Waals surface area contributed by atoms with Gasteiger partial charge in [-0.1, -0.05) is 11.8 Å². The Balaban J connectivity index is 1.58. The molecule has 4 rings (SSSR count). The molecule has 1 N–H and O–H groups in total. The average Bonchev–Trinajstić information content (AvgIpc) is 3.19. The summed E-state index contributed by atoms with van der Waals surface area (Å²) in [5, 5.41) is 13.1. The lowest BCUT2D eigenvalue weighted by atomic mass is 10.1. The predicted molar refractivity (Wildman–Crippen MR) is 121 cm³/mol. The molecule has 0 fully saturated rings. The van der Waals surface area contributed by atoms with Gasteiger partial charge in [-0.25, -0.2) is 0 Å². The van der Waals surface area contributed by atoms with Crippen molar-refractivity contribution >= 4 is 39.9 Å². The fourth-order valence-electron chi connectivity index (χ4n) is 3.33. The third-order valence-electron chi connectivity index (χ3n) is 4.84. The summed E-state index contributed by atoms with van der Waals surface area (Å²) in [6.07, 6.45) is 0. The van der Waals surface area contributed by atoms with Crippen LogP contribution in [0.4, 0.5) is 5.69 Å². The number of carbonyl (C=O) groups excluding carboxylic acids is 1. The summed E-state index contributed by atoms with van der Waals surface area (Å²) in [6, 6.07) is 13.1. The van der Waals surface area contributed by atoms with Gasteiger partial charge < -0.3 is 19.5 Å². The molecule has 160 valence electrons. The second-order valence-corrected chi connectivity index (χ2v) is 7.77. The van der Waals surface area contributed by atoms with Crippen LogP contribution in [0.5, 0.6) is 17.2 Å². The van der Waals surface area contributed by atoms with E-state index in [9.17, 15) is 4.79 Å². The van der Waals surface area contributed by atoms with Crippen LogP contribution in [0.25, 0.3) is 16.6 Å². The quantitative estimate of drug-likeness (QED) is 0.437. The number of hydrogen-bond donors (Lipinski definition) is 1. The van der Waals surface area contributed by atoms with E-state index in [0.29, 0.717) is 22.3 Å². The number of ether oxygens (including phenoxy) is 3. The molecule has 0 aliphatic carbocycles. The minimum absolute atomic E-state index is 0.166. The first kappa shape index (κ1) is 20.8. The van der Waals surface area contributed by atoms with Crippen LogP contribution in [0.15, 0.2) is 47.6 Å². The van der Waals surface area contributed by atoms with Crippen molar-refractivity contribution in [2.45, 2.75) is 12.1 Å². The Morgan fingerprint density at radius 2 is 1.68 bits per heavy atom. The molecule has 0 saturated carbocycles. The molecule has 0 bridgehead atoms. The minimum atomic E-state index is -0.175. The average molecular weight is 439 g/mol. The van der Waals surface area contributed by atoms with E-state index in [1.165, 1.54) is 11.8 Å². The van der Waals surface area contributed by atoms with Crippen LogP contribution in [-0.2, 0) is 4.79 Å². The maximum absolute atomic E-state index is 12.6. The molecular weight excluding hydrogens is 416 g/mol. The highest BCUT2D eigenvalue weighted by molar-refractivity contribution is 7.99. The lowest BCUT2D eigenvalue weighted by Gasteiger charge is -2.10. The number of methoxy groups -OCH3 is 3. The number of nitrogens with zero attached hydrogens (tertiary/aromatic N) is 3. The van der Waals surface area contributed by atoms with Gasteiger partial charge in [-0.15, -0.1) is 10.2 Å². The Kier molecular flexibility index (Phi) is 5.85. The van der Waals surface area contributed by atoms with Crippen molar-refractivity contribution in [1.29, 1.82) is 0 Å². The zero-order valence-corrected chi connectivity index (χ0v) is 18.4. The van der Waals surface area contributed by atoms with E-state index in [4.69, 9.17) is 14.2 Å². The molecule has 0 aliphatic rings. The van der Waals surface area contributed by atoms with Crippen molar-refractivity contribution in [3.05, 3.63) is 48.0 Å². The van der Waals surface area contributed by atoms with Gasteiger partial charge >= 0.3 is 0 Å². The van der Waals surface area contributed by atoms with Crippen LogP contribution in [0, 0.1) is 6.92 Å². The van der Waals surface area contributed by atoms with Gasteiger partial charge in [0, 0.05) is 35.3 Å². The van der Waals surface area contributed by atoms with Crippen molar-refractivity contribution in [2.75, 3.05) is 32.4 Å². The van der Waals surface area contributed by atoms with Gasteiger partial charge in [0.05, 0.1) is 32.6 Å². The van der Waals surface area contributed by atoms with Crippen LogP contribution in [0.3, 0.4) is 0 Å². The summed E-state index contributed by atoms with van der Waals surface area (Å²) in [5.74, 6) is 1.93. The van der Waals surface area contributed by atoms with E-state index in [0.717, 1.165) is 27.9 Å². The fourth-order valence-corrected chi connectivity index (χ4v) is 4.08. The van der Waals surface area contributed by atoms with E-state index < -0.39 is 0 Å². The van der Waals surface area contributed by atoms with Crippen molar-refractivity contribution in [3.8, 4) is 17.2 Å². The molecule has 8 nitrogen and oxygen atoms in total. The Bertz CT molecular complexity index is 1250. The maximum Gasteiger partial charge on any atom is 0.234 e. The van der Waals surface area contributed by atoms with Crippen LogP contribution in [0.2, 0.25) is 0 Å². The maximum atomic E-state index is 12.6. The van der Waals surface area contributed by atoms with Crippen LogP contribution in [-0.4, -0.2) is 47.6 Å². The number of aryl methyl sites for hydroxylation is 1. The van der Waals surface area contributed by atoms with E-state index in [-0.39, 0.29) is 11.7 Å². The highest BCUT2D eigenvalue weighted by Gasteiger charge is 2.14. The SMILES string of the molecule is COc1cc(NC(=O)CSc2nnc3cc(C)c4ccc(OC)cc4n23)cc(OC)c1. The van der Waals surface area contributed by atoms with Gasteiger partial charge in [-0.2, -0.15) is 0 Å². The summed E-state index contributed by atoms with van der Waals surface area (Å²) in [7, 11) is 4.76. The highest BCUT2D eigenvalue weighted by Crippen LogP contribution is 2.29. The van der Waals surface area contributed by atoms with Crippen LogP contribution < -0.4 is 19.5 Å². The lowest BCUT2D eigenvalue weighted by Crippen LogP contribution is -2.14. The Morgan fingerprint density at radius 1 is 0.968 bits per heavy atom. The number of rotatable bonds is 7. The first-order valence-electron chi connectivity index (χ1n) is 9.50. The van der Waals surface area contributed by atoms with Gasteiger partial charge in [-0.05, 0) is 30.7 Å². The molecule has 0 spiro atoms. The Morgan fingerprint density at radius 3 is 2.35 bits per heavy atom. The second kappa shape index (κ2) is 8.73. The zero-order valence-electron chi connectivity index (χ0n) is 17.6. The Hall–Kier alpha value is -3.46. The van der Waals surface area contributed by atoms with Crippen molar-refractivity contribution in [2.24, 2.45) is 0 Å². The molecule has 0 aliphatic heterocycles. The van der Waals surface area contributed by atoms with Gasteiger partial charge in [-0.3, -0.25) is 9.20 Å². The summed E-state index contributed by atoms with van der Waals surface area (Å²) in [6.45, 7) is 2.03. The number of aromatic nitrogens is 3.